The zero-order chi connectivity index (χ0) is 15.3. The molecule has 6 heteroatoms. The largest absolute Gasteiger partial charge is 0.512 e. The van der Waals surface area contributed by atoms with Crippen LogP contribution in [-0.4, -0.2) is 17.0 Å². The number of nitrogens with one attached hydrogen (secondary N) is 1. The van der Waals surface area contributed by atoms with E-state index in [0.29, 0.717) is 11.4 Å². The normalized spacial score (nSPS) is 13.2. The van der Waals surface area contributed by atoms with Crippen LogP contribution in [0.1, 0.15) is 20.8 Å². The van der Waals surface area contributed by atoms with Crippen molar-refractivity contribution in [2.24, 2.45) is 16.1 Å². The molecule has 0 radical (unpaired) electrons. The van der Waals surface area contributed by atoms with Gasteiger partial charge in [0.05, 0.1) is 0 Å². The molecule has 0 heterocycles. The summed E-state index contributed by atoms with van der Waals surface area (Å²) in [6, 6.07) is 6.01. The third-order valence-electron chi connectivity index (χ3n) is 2.45. The van der Waals surface area contributed by atoms with Crippen LogP contribution in [0.3, 0.4) is 0 Å². The van der Waals surface area contributed by atoms with Crippen molar-refractivity contribution in [1.29, 1.82) is 0 Å². The van der Waals surface area contributed by atoms with E-state index in [1.807, 2.05) is 20.8 Å². The van der Waals surface area contributed by atoms with Crippen molar-refractivity contribution in [3.8, 4) is 0 Å². The van der Waals surface area contributed by atoms with Crippen LogP contribution in [0.25, 0.3) is 0 Å². The highest BCUT2D eigenvalue weighted by molar-refractivity contribution is 6.03. The van der Waals surface area contributed by atoms with E-state index < -0.39 is 11.4 Å². The first-order valence-electron chi connectivity index (χ1n) is 6.10. The van der Waals surface area contributed by atoms with Crippen molar-refractivity contribution in [3.63, 3.8) is 0 Å². The molecule has 0 bridgehead atoms. The van der Waals surface area contributed by atoms with Crippen LogP contribution in [0.2, 0.25) is 0 Å². The molecule has 2 amide bonds. The summed E-state index contributed by atoms with van der Waals surface area (Å²) in [6.07, 6.45) is 1.27. The Hall–Kier alpha value is -2.50. The number of amides is 2. The van der Waals surface area contributed by atoms with Crippen LogP contribution in [0.15, 0.2) is 41.1 Å². The number of hydrogen-bond acceptors (Lipinski definition) is 3. The van der Waals surface area contributed by atoms with Gasteiger partial charge in [0.25, 0.3) is 0 Å². The van der Waals surface area contributed by atoms with E-state index in [0.717, 1.165) is 0 Å². The quantitative estimate of drug-likeness (QED) is 0.288. The minimum atomic E-state index is -0.620. The lowest BCUT2D eigenvalue weighted by molar-refractivity contribution is 0.259. The molecule has 1 aromatic rings. The molecule has 0 aliphatic rings. The first kappa shape index (κ1) is 15.6. The van der Waals surface area contributed by atoms with E-state index in [2.05, 4.69) is 10.3 Å². The fourth-order valence-corrected chi connectivity index (χ4v) is 1.22. The van der Waals surface area contributed by atoms with Gasteiger partial charge >= 0.3 is 6.03 Å². The smallest absolute Gasteiger partial charge is 0.347 e. The molecule has 6 N–H and O–H groups in total. The van der Waals surface area contributed by atoms with Gasteiger partial charge in [-0.25, -0.2) is 4.79 Å². The zero-order valence-corrected chi connectivity index (χ0v) is 11.8. The van der Waals surface area contributed by atoms with Gasteiger partial charge < -0.3 is 21.9 Å². The Bertz CT molecular complexity index is 539. The molecule has 0 fully saturated rings. The zero-order valence-electron chi connectivity index (χ0n) is 11.8. The number of allylic oxidation sites excluding steroid dienone is 1. The van der Waals surface area contributed by atoms with Gasteiger partial charge in [-0.2, -0.15) is 4.99 Å². The maximum atomic E-state index is 11.6. The molecule has 0 aliphatic carbocycles. The lowest BCUT2D eigenvalue weighted by atomic mass is 9.93. The van der Waals surface area contributed by atoms with E-state index in [-0.39, 0.29) is 11.6 Å². The van der Waals surface area contributed by atoms with Gasteiger partial charge in [-0.15, -0.1) is 0 Å². The van der Waals surface area contributed by atoms with E-state index in [9.17, 15) is 9.90 Å². The van der Waals surface area contributed by atoms with Gasteiger partial charge in [-0.05, 0) is 24.3 Å². The number of nitrogen functional groups attached to an aromatic ring is 1. The fourth-order valence-electron chi connectivity index (χ4n) is 1.22. The van der Waals surface area contributed by atoms with Gasteiger partial charge in [0, 0.05) is 22.9 Å². The van der Waals surface area contributed by atoms with Crippen LogP contribution >= 0.6 is 0 Å². The van der Waals surface area contributed by atoms with E-state index in [4.69, 9.17) is 11.5 Å². The van der Waals surface area contributed by atoms with Gasteiger partial charge in [0.15, 0.2) is 0 Å². The number of hydrogen-bond donors (Lipinski definition) is 4. The van der Waals surface area contributed by atoms with Crippen LogP contribution in [-0.2, 0) is 0 Å². The maximum Gasteiger partial charge on any atom is 0.347 e. The van der Waals surface area contributed by atoms with E-state index >= 15 is 0 Å². The molecular weight excluding hydrogens is 256 g/mol. The fraction of sp³-hybridized carbons (Fsp3) is 0.286. The predicted octanol–water partition coefficient (Wildman–Crippen LogP) is 2.65. The molecule has 0 unspecified atom stereocenters. The average molecular weight is 276 g/mol. The number of benzene rings is 1. The minimum Gasteiger partial charge on any atom is -0.512 e. The molecule has 0 saturated heterocycles. The van der Waals surface area contributed by atoms with Crippen LogP contribution in [0, 0.1) is 5.41 Å². The number of nitrogens with zero attached hydrogens (tertiary/aromatic N) is 1. The second-order valence-corrected chi connectivity index (χ2v) is 5.37. The Morgan fingerprint density at radius 2 is 1.85 bits per heavy atom. The lowest BCUT2D eigenvalue weighted by Crippen LogP contribution is -2.18. The number of rotatable bonds is 2. The number of amidine groups is 1. The topological polar surface area (TPSA) is 114 Å². The third-order valence-corrected chi connectivity index (χ3v) is 2.45. The Kier molecular flexibility index (Phi) is 4.74. The van der Waals surface area contributed by atoms with Gasteiger partial charge in [0.2, 0.25) is 0 Å². The number of carbonyl (C=O) groups excluding carboxylic acids is 1. The van der Waals surface area contributed by atoms with Crippen molar-refractivity contribution >= 4 is 23.2 Å². The van der Waals surface area contributed by atoms with Crippen molar-refractivity contribution in [1.82, 2.24) is 0 Å². The molecule has 1 aromatic carbocycles. The highest BCUT2D eigenvalue weighted by Gasteiger charge is 2.16. The second-order valence-electron chi connectivity index (χ2n) is 5.37. The average Bonchev–Trinajstić information content (AvgIpc) is 2.30. The van der Waals surface area contributed by atoms with E-state index in [1.54, 1.807) is 24.3 Å². The van der Waals surface area contributed by atoms with Crippen molar-refractivity contribution in [2.45, 2.75) is 20.8 Å². The molecule has 0 spiro atoms. The van der Waals surface area contributed by atoms with Crippen molar-refractivity contribution < 1.29 is 9.90 Å². The first-order valence-corrected chi connectivity index (χ1v) is 6.10. The highest BCUT2D eigenvalue weighted by Crippen LogP contribution is 2.21. The molecule has 6 nitrogen and oxygen atoms in total. The standard InChI is InChI=1S/C14H20N4O2/c1-14(2,3)11(19)8-12(16)18-13(20)17-10-6-4-9(15)5-7-10/h4-8,19H,15H2,1-3H3,(H3,16,17,18,20)/b11-8-. The Morgan fingerprint density at radius 3 is 2.35 bits per heavy atom. The minimum absolute atomic E-state index is 0.0547. The van der Waals surface area contributed by atoms with Crippen molar-refractivity contribution in [3.05, 3.63) is 36.1 Å². The third kappa shape index (κ3) is 5.01. The van der Waals surface area contributed by atoms with Crippen LogP contribution in [0.4, 0.5) is 16.2 Å². The number of urea groups is 1. The Balaban J connectivity index is 2.74. The van der Waals surface area contributed by atoms with E-state index in [1.165, 1.54) is 6.08 Å². The second kappa shape index (κ2) is 6.10. The van der Waals surface area contributed by atoms with Crippen molar-refractivity contribution in [2.75, 3.05) is 11.1 Å². The summed E-state index contributed by atoms with van der Waals surface area (Å²) in [4.78, 5) is 15.2. The summed E-state index contributed by atoms with van der Waals surface area (Å²) < 4.78 is 0. The van der Waals surface area contributed by atoms with Gasteiger partial charge in [0.1, 0.15) is 11.6 Å². The molecular formula is C14H20N4O2. The predicted molar refractivity (Wildman–Crippen MR) is 81.7 cm³/mol. The molecule has 108 valence electrons. The number of nitrogens with two attached hydrogens (primary N) is 2. The summed E-state index contributed by atoms with van der Waals surface area (Å²) >= 11 is 0. The first-order chi connectivity index (χ1) is 9.18. The summed E-state index contributed by atoms with van der Waals surface area (Å²) in [6.45, 7) is 5.46. The van der Waals surface area contributed by atoms with Crippen LogP contribution < -0.4 is 16.8 Å². The summed E-state index contributed by atoms with van der Waals surface area (Å²) in [5.74, 6) is -0.00981. The maximum absolute atomic E-state index is 11.6. The van der Waals surface area contributed by atoms with Gasteiger partial charge in [-0.3, -0.25) is 0 Å². The Labute approximate surface area is 118 Å². The SMILES string of the molecule is CC(C)(C)/C(O)=C/C(N)=N\C(=O)Nc1ccc(N)cc1. The number of aliphatic hydroxyl groups excluding tert-OH is 1. The molecule has 0 aliphatic heterocycles. The van der Waals surface area contributed by atoms with Crippen LogP contribution in [0.5, 0.6) is 0 Å². The summed E-state index contributed by atoms with van der Waals surface area (Å²) in [7, 11) is 0. The number of aliphatic hydroxyl groups is 1. The monoisotopic (exact) mass is 276 g/mol. The van der Waals surface area contributed by atoms with Gasteiger partial charge in [-0.1, -0.05) is 20.8 Å². The number of aliphatic imine (C=N–C) groups is 1. The number of carbonyl (C=O) groups is 1. The Morgan fingerprint density at radius 1 is 1.30 bits per heavy atom. The highest BCUT2D eigenvalue weighted by atomic mass is 16.3. The molecule has 0 saturated carbocycles. The lowest BCUT2D eigenvalue weighted by Gasteiger charge is -2.16. The summed E-state index contributed by atoms with van der Waals surface area (Å²) in [5.41, 5.74) is 11.8. The molecule has 20 heavy (non-hydrogen) atoms. The summed E-state index contributed by atoms with van der Waals surface area (Å²) in [5, 5.41) is 12.3. The molecule has 0 aromatic heterocycles. The number of anilines is 2. The molecule has 1 rings (SSSR count). The molecule has 0 atom stereocenters.